The molecule has 1 atom stereocenters. The van der Waals surface area contributed by atoms with Crippen LogP contribution in [0, 0.1) is 10.1 Å². The average Bonchev–Trinajstić information content (AvgIpc) is 2.38. The quantitative estimate of drug-likeness (QED) is 0.472. The van der Waals surface area contributed by atoms with Gasteiger partial charge in [0.15, 0.2) is 4.90 Å². The van der Waals surface area contributed by atoms with Crippen molar-refractivity contribution in [2.45, 2.75) is 24.8 Å². The van der Waals surface area contributed by atoms with Crippen molar-refractivity contribution in [3.8, 4) is 0 Å². The maximum Gasteiger partial charge on any atom is 0.323 e. The normalized spacial score (nSPS) is 12.7. The number of hydrogen-bond donors (Lipinski definition) is 1. The molecule has 110 valence electrons. The zero-order valence-corrected chi connectivity index (χ0v) is 11.7. The molecule has 0 fully saturated rings. The number of nitro groups is 1. The van der Waals surface area contributed by atoms with E-state index in [0.29, 0.717) is 0 Å². The van der Waals surface area contributed by atoms with Crippen LogP contribution in [0.15, 0.2) is 29.2 Å². The Morgan fingerprint density at radius 3 is 2.60 bits per heavy atom. The highest BCUT2D eigenvalue weighted by atomic mass is 32.2. The van der Waals surface area contributed by atoms with Gasteiger partial charge in [-0.05, 0) is 19.9 Å². The monoisotopic (exact) mass is 302 g/mol. The fraction of sp³-hybridized carbons (Fsp3) is 0.364. The van der Waals surface area contributed by atoms with Gasteiger partial charge in [-0.1, -0.05) is 12.1 Å². The van der Waals surface area contributed by atoms with Crippen molar-refractivity contribution in [3.05, 3.63) is 34.4 Å². The Labute approximate surface area is 115 Å². The maximum atomic E-state index is 12.1. The summed E-state index contributed by atoms with van der Waals surface area (Å²) in [5.74, 6) is -0.755. The molecule has 1 aromatic carbocycles. The standard InChI is InChI=1S/C11H14N2O6S/c1-3-19-11(14)8(2)12-20(17,18)10-7-5-4-6-9(10)13(15)16/h4-8,12H,3H2,1-2H3/t8-/m0/s1. The third kappa shape index (κ3) is 3.75. The Morgan fingerprint density at radius 1 is 1.45 bits per heavy atom. The summed E-state index contributed by atoms with van der Waals surface area (Å²) in [4.78, 5) is 20.9. The van der Waals surface area contributed by atoms with Crippen LogP contribution < -0.4 is 4.72 Å². The van der Waals surface area contributed by atoms with Gasteiger partial charge in [0.05, 0.1) is 11.5 Å². The first kappa shape index (κ1) is 16.1. The van der Waals surface area contributed by atoms with E-state index in [1.54, 1.807) is 6.92 Å². The molecule has 1 N–H and O–H groups in total. The SMILES string of the molecule is CCOC(=O)[C@H](C)NS(=O)(=O)c1ccccc1[N+](=O)[O-]. The number of rotatable bonds is 6. The number of para-hydroxylation sites is 1. The lowest BCUT2D eigenvalue weighted by Gasteiger charge is -2.13. The van der Waals surface area contributed by atoms with Crippen molar-refractivity contribution in [2.24, 2.45) is 0 Å². The van der Waals surface area contributed by atoms with Gasteiger partial charge >= 0.3 is 5.97 Å². The molecule has 0 aliphatic carbocycles. The molecule has 0 aromatic heterocycles. The second kappa shape index (κ2) is 6.44. The van der Waals surface area contributed by atoms with Crippen LogP contribution in [0.5, 0.6) is 0 Å². The molecule has 0 spiro atoms. The molecule has 0 radical (unpaired) electrons. The molecule has 0 aliphatic rings. The molecule has 9 heteroatoms. The van der Waals surface area contributed by atoms with Crippen LogP contribution >= 0.6 is 0 Å². The van der Waals surface area contributed by atoms with E-state index in [1.807, 2.05) is 4.72 Å². The molecule has 0 heterocycles. The fourth-order valence-electron chi connectivity index (χ4n) is 1.45. The minimum Gasteiger partial charge on any atom is -0.465 e. The predicted molar refractivity (Wildman–Crippen MR) is 69.5 cm³/mol. The molecular formula is C11H14N2O6S. The first-order valence-electron chi connectivity index (χ1n) is 5.72. The van der Waals surface area contributed by atoms with Gasteiger partial charge in [0, 0.05) is 6.07 Å². The number of nitrogens with one attached hydrogen (secondary N) is 1. The molecule has 1 aromatic rings. The summed E-state index contributed by atoms with van der Waals surface area (Å²) in [6, 6.07) is 3.74. The summed E-state index contributed by atoms with van der Waals surface area (Å²) in [7, 11) is -4.19. The van der Waals surface area contributed by atoms with Crippen molar-refractivity contribution in [1.29, 1.82) is 0 Å². The topological polar surface area (TPSA) is 116 Å². The van der Waals surface area contributed by atoms with Crippen LogP contribution in [0.25, 0.3) is 0 Å². The fourth-order valence-corrected chi connectivity index (χ4v) is 2.81. The van der Waals surface area contributed by atoms with E-state index in [2.05, 4.69) is 4.74 Å². The first-order chi connectivity index (χ1) is 9.29. The van der Waals surface area contributed by atoms with Crippen LogP contribution in [-0.4, -0.2) is 32.0 Å². The predicted octanol–water partition coefficient (Wildman–Crippen LogP) is 0.825. The number of hydrogen-bond acceptors (Lipinski definition) is 6. The zero-order valence-electron chi connectivity index (χ0n) is 10.9. The number of carbonyl (C=O) groups is 1. The lowest BCUT2D eigenvalue weighted by Crippen LogP contribution is -2.39. The number of nitro benzene ring substituents is 1. The highest BCUT2D eigenvalue weighted by Crippen LogP contribution is 2.22. The summed E-state index contributed by atoms with van der Waals surface area (Å²) in [5, 5.41) is 10.8. The Hall–Kier alpha value is -2.00. The Bertz CT molecular complexity index is 613. The second-order valence-electron chi connectivity index (χ2n) is 3.82. The van der Waals surface area contributed by atoms with Crippen LogP contribution in [0.1, 0.15) is 13.8 Å². The van der Waals surface area contributed by atoms with Crippen molar-refractivity contribution in [3.63, 3.8) is 0 Å². The number of ether oxygens (including phenoxy) is 1. The summed E-state index contributed by atoms with van der Waals surface area (Å²) < 4.78 is 30.8. The summed E-state index contributed by atoms with van der Waals surface area (Å²) in [5.41, 5.74) is -0.559. The van der Waals surface area contributed by atoms with Gasteiger partial charge in [-0.2, -0.15) is 4.72 Å². The zero-order chi connectivity index (χ0) is 15.3. The van der Waals surface area contributed by atoms with Gasteiger partial charge < -0.3 is 4.74 Å². The Kier molecular flexibility index (Phi) is 5.17. The third-order valence-corrected chi connectivity index (χ3v) is 3.91. The molecule has 0 amide bonds. The number of benzene rings is 1. The van der Waals surface area contributed by atoms with Gasteiger partial charge in [0.1, 0.15) is 6.04 Å². The molecule has 0 aliphatic heterocycles. The number of nitrogens with zero attached hydrogens (tertiary/aromatic N) is 1. The molecule has 20 heavy (non-hydrogen) atoms. The van der Waals surface area contributed by atoms with Crippen molar-refractivity contribution in [1.82, 2.24) is 4.72 Å². The van der Waals surface area contributed by atoms with E-state index in [9.17, 15) is 23.3 Å². The average molecular weight is 302 g/mol. The van der Waals surface area contributed by atoms with Gasteiger partial charge in [0.2, 0.25) is 10.0 Å². The highest BCUT2D eigenvalue weighted by molar-refractivity contribution is 7.89. The van der Waals surface area contributed by atoms with E-state index in [4.69, 9.17) is 0 Å². The van der Waals surface area contributed by atoms with Gasteiger partial charge in [-0.15, -0.1) is 0 Å². The van der Waals surface area contributed by atoms with E-state index >= 15 is 0 Å². The number of sulfonamides is 1. The maximum absolute atomic E-state index is 12.1. The van der Waals surface area contributed by atoms with Crippen LogP contribution in [0.2, 0.25) is 0 Å². The summed E-state index contributed by atoms with van der Waals surface area (Å²) in [6.45, 7) is 2.99. The second-order valence-corrected chi connectivity index (χ2v) is 5.50. The van der Waals surface area contributed by atoms with E-state index in [-0.39, 0.29) is 6.61 Å². The highest BCUT2D eigenvalue weighted by Gasteiger charge is 2.28. The molecule has 0 unspecified atom stereocenters. The smallest absolute Gasteiger partial charge is 0.323 e. The lowest BCUT2D eigenvalue weighted by molar-refractivity contribution is -0.387. The third-order valence-electron chi connectivity index (χ3n) is 2.32. The minimum atomic E-state index is -4.19. The van der Waals surface area contributed by atoms with E-state index < -0.39 is 37.5 Å². The molecule has 0 saturated carbocycles. The van der Waals surface area contributed by atoms with Crippen LogP contribution in [0.3, 0.4) is 0 Å². The van der Waals surface area contributed by atoms with E-state index in [1.165, 1.54) is 19.1 Å². The lowest BCUT2D eigenvalue weighted by atomic mass is 10.3. The molecule has 0 saturated heterocycles. The Morgan fingerprint density at radius 2 is 2.05 bits per heavy atom. The molecule has 8 nitrogen and oxygen atoms in total. The molecule has 1 rings (SSSR count). The largest absolute Gasteiger partial charge is 0.465 e. The number of esters is 1. The van der Waals surface area contributed by atoms with Gasteiger partial charge in [0.25, 0.3) is 5.69 Å². The summed E-state index contributed by atoms with van der Waals surface area (Å²) >= 11 is 0. The first-order valence-corrected chi connectivity index (χ1v) is 7.20. The number of carbonyl (C=O) groups excluding carboxylic acids is 1. The summed E-state index contributed by atoms with van der Waals surface area (Å²) in [6.07, 6.45) is 0. The van der Waals surface area contributed by atoms with Crippen molar-refractivity contribution in [2.75, 3.05) is 6.61 Å². The van der Waals surface area contributed by atoms with E-state index in [0.717, 1.165) is 12.1 Å². The van der Waals surface area contributed by atoms with Gasteiger partial charge in [-0.25, -0.2) is 8.42 Å². The van der Waals surface area contributed by atoms with Crippen molar-refractivity contribution >= 4 is 21.7 Å². The Balaban J connectivity index is 3.06. The minimum absolute atomic E-state index is 0.108. The molecule has 0 bridgehead atoms. The van der Waals surface area contributed by atoms with Gasteiger partial charge in [-0.3, -0.25) is 14.9 Å². The van der Waals surface area contributed by atoms with Crippen LogP contribution in [-0.2, 0) is 19.6 Å². The van der Waals surface area contributed by atoms with Crippen LogP contribution in [0.4, 0.5) is 5.69 Å². The van der Waals surface area contributed by atoms with Crippen molar-refractivity contribution < 1.29 is 22.9 Å². The molecular weight excluding hydrogens is 288 g/mol.